The molecule has 0 fully saturated rings. The number of carbonyl (C=O) groups excluding carboxylic acids is 1. The van der Waals surface area contributed by atoms with Crippen LogP contribution >= 0.6 is 38.5 Å². The van der Waals surface area contributed by atoms with Gasteiger partial charge in [0.1, 0.15) is 0 Å². The van der Waals surface area contributed by atoms with Gasteiger partial charge in [0.05, 0.1) is 6.61 Å². The predicted octanol–water partition coefficient (Wildman–Crippen LogP) is 3.54. The molecule has 1 aromatic rings. The highest BCUT2D eigenvalue weighted by molar-refractivity contribution is 14.1. The van der Waals surface area contributed by atoms with Gasteiger partial charge in [-0.2, -0.15) is 0 Å². The standard InChI is InChI=1S/C11H8BrIO2/c12-7-3-4-9(13)8(6-7)11(14)10-2-1-5-15-10/h2-4,6H,1,5H2. The van der Waals surface area contributed by atoms with Crippen LogP contribution in [0.2, 0.25) is 0 Å². The van der Waals surface area contributed by atoms with Gasteiger partial charge in [0.2, 0.25) is 5.78 Å². The lowest BCUT2D eigenvalue weighted by Gasteiger charge is -2.05. The third-order valence-electron chi connectivity index (χ3n) is 2.10. The summed E-state index contributed by atoms with van der Waals surface area (Å²) >= 11 is 5.51. The summed E-state index contributed by atoms with van der Waals surface area (Å²) in [7, 11) is 0. The smallest absolute Gasteiger partial charge is 0.228 e. The van der Waals surface area contributed by atoms with Gasteiger partial charge in [-0.15, -0.1) is 0 Å². The molecular formula is C11H8BrIO2. The molecule has 1 aliphatic heterocycles. The minimum absolute atomic E-state index is 0.0294. The summed E-state index contributed by atoms with van der Waals surface area (Å²) in [6.07, 6.45) is 2.67. The van der Waals surface area contributed by atoms with E-state index in [0.29, 0.717) is 17.9 Å². The average Bonchev–Trinajstić information content (AvgIpc) is 2.74. The van der Waals surface area contributed by atoms with Crippen LogP contribution in [0.3, 0.4) is 0 Å². The van der Waals surface area contributed by atoms with Crippen molar-refractivity contribution in [2.75, 3.05) is 6.61 Å². The molecule has 0 radical (unpaired) electrons. The van der Waals surface area contributed by atoms with Crippen LogP contribution in [0.5, 0.6) is 0 Å². The van der Waals surface area contributed by atoms with Crippen LogP contribution in [0.25, 0.3) is 0 Å². The Bertz CT molecular complexity index is 440. The number of halogens is 2. The molecule has 0 saturated carbocycles. The van der Waals surface area contributed by atoms with Crippen molar-refractivity contribution in [3.05, 3.63) is 43.6 Å². The molecule has 0 aliphatic carbocycles. The van der Waals surface area contributed by atoms with Gasteiger partial charge in [-0.05, 0) is 46.9 Å². The molecule has 4 heteroatoms. The molecule has 2 nitrogen and oxygen atoms in total. The van der Waals surface area contributed by atoms with Crippen LogP contribution in [0.4, 0.5) is 0 Å². The first-order valence-electron chi connectivity index (χ1n) is 4.51. The number of rotatable bonds is 2. The molecule has 0 atom stereocenters. The minimum atomic E-state index is -0.0294. The minimum Gasteiger partial charge on any atom is -0.489 e. The van der Waals surface area contributed by atoms with Crippen molar-refractivity contribution in [2.24, 2.45) is 0 Å². The number of Topliss-reactive ketones (excluding diaryl/α,β-unsaturated/α-hetero) is 1. The first-order chi connectivity index (χ1) is 7.18. The second-order valence-electron chi connectivity index (χ2n) is 3.16. The lowest BCUT2D eigenvalue weighted by atomic mass is 10.1. The molecule has 0 unspecified atom stereocenters. The van der Waals surface area contributed by atoms with Crippen molar-refractivity contribution in [2.45, 2.75) is 6.42 Å². The Morgan fingerprint density at radius 3 is 2.93 bits per heavy atom. The third-order valence-corrected chi connectivity index (χ3v) is 3.54. The number of hydrogen-bond donors (Lipinski definition) is 0. The fourth-order valence-electron chi connectivity index (χ4n) is 1.38. The Balaban J connectivity index is 2.36. The zero-order valence-corrected chi connectivity index (χ0v) is 11.5. The molecule has 0 bridgehead atoms. The van der Waals surface area contributed by atoms with Gasteiger partial charge in [0.25, 0.3) is 0 Å². The summed E-state index contributed by atoms with van der Waals surface area (Å²) in [4.78, 5) is 12.0. The second kappa shape index (κ2) is 4.65. The summed E-state index contributed by atoms with van der Waals surface area (Å²) in [6.45, 7) is 0.617. The van der Waals surface area contributed by atoms with E-state index in [9.17, 15) is 4.79 Å². The number of carbonyl (C=O) groups is 1. The van der Waals surface area contributed by atoms with Crippen molar-refractivity contribution in [3.63, 3.8) is 0 Å². The van der Waals surface area contributed by atoms with Gasteiger partial charge in [-0.1, -0.05) is 15.9 Å². The van der Waals surface area contributed by atoms with E-state index >= 15 is 0 Å². The normalized spacial score (nSPS) is 14.7. The van der Waals surface area contributed by atoms with E-state index in [1.54, 1.807) is 0 Å². The number of benzene rings is 1. The maximum atomic E-state index is 12.0. The van der Waals surface area contributed by atoms with Gasteiger partial charge < -0.3 is 4.74 Å². The lowest BCUT2D eigenvalue weighted by Crippen LogP contribution is -2.06. The Morgan fingerprint density at radius 2 is 2.27 bits per heavy atom. The molecule has 2 rings (SSSR count). The summed E-state index contributed by atoms with van der Waals surface area (Å²) in [5.41, 5.74) is 0.693. The van der Waals surface area contributed by atoms with Gasteiger partial charge in [-0.25, -0.2) is 0 Å². The highest BCUT2D eigenvalue weighted by Gasteiger charge is 2.19. The number of ether oxygens (including phenoxy) is 1. The monoisotopic (exact) mass is 378 g/mol. The third kappa shape index (κ3) is 2.42. The molecule has 0 aromatic heterocycles. The van der Waals surface area contributed by atoms with Crippen molar-refractivity contribution < 1.29 is 9.53 Å². The molecule has 1 aliphatic rings. The summed E-state index contributed by atoms with van der Waals surface area (Å²) < 4.78 is 7.11. The SMILES string of the molecule is O=C(C1=CCCO1)c1cc(Br)ccc1I. The molecule has 1 aromatic carbocycles. The Kier molecular flexibility index (Phi) is 3.45. The van der Waals surface area contributed by atoms with E-state index in [1.807, 2.05) is 24.3 Å². The highest BCUT2D eigenvalue weighted by Crippen LogP contribution is 2.23. The fourth-order valence-corrected chi connectivity index (χ4v) is 2.32. The molecule has 0 amide bonds. The van der Waals surface area contributed by atoms with Gasteiger partial charge in [-0.3, -0.25) is 4.79 Å². The van der Waals surface area contributed by atoms with Gasteiger partial charge in [0, 0.05) is 20.0 Å². The summed E-state index contributed by atoms with van der Waals surface area (Å²) in [5.74, 6) is 0.448. The van der Waals surface area contributed by atoms with Crippen LogP contribution in [0, 0.1) is 3.57 Å². The average molecular weight is 379 g/mol. The van der Waals surface area contributed by atoms with E-state index in [4.69, 9.17) is 4.74 Å². The number of ketones is 1. The molecule has 78 valence electrons. The highest BCUT2D eigenvalue weighted by atomic mass is 127. The fraction of sp³-hybridized carbons (Fsp3) is 0.182. The van der Waals surface area contributed by atoms with Crippen LogP contribution < -0.4 is 0 Å². The maximum absolute atomic E-state index is 12.0. The first kappa shape index (κ1) is 11.1. The van der Waals surface area contributed by atoms with E-state index in [1.165, 1.54) is 0 Å². The Hall–Kier alpha value is -0.360. The molecule has 0 spiro atoms. The Morgan fingerprint density at radius 1 is 1.47 bits per heavy atom. The van der Waals surface area contributed by atoms with Crippen molar-refractivity contribution in [3.8, 4) is 0 Å². The Labute approximate surface area is 110 Å². The van der Waals surface area contributed by atoms with Crippen LogP contribution in [-0.4, -0.2) is 12.4 Å². The molecule has 0 saturated heterocycles. The van der Waals surface area contributed by atoms with Crippen molar-refractivity contribution in [1.82, 2.24) is 0 Å². The first-order valence-corrected chi connectivity index (χ1v) is 6.38. The second-order valence-corrected chi connectivity index (χ2v) is 5.24. The zero-order valence-electron chi connectivity index (χ0n) is 7.80. The quantitative estimate of drug-likeness (QED) is 0.581. The molecule has 15 heavy (non-hydrogen) atoms. The zero-order chi connectivity index (χ0) is 10.8. The summed E-state index contributed by atoms with van der Waals surface area (Å²) in [5, 5.41) is 0. The predicted molar refractivity (Wildman–Crippen MR) is 69.8 cm³/mol. The summed E-state index contributed by atoms with van der Waals surface area (Å²) in [6, 6.07) is 5.66. The largest absolute Gasteiger partial charge is 0.489 e. The van der Waals surface area contributed by atoms with Gasteiger partial charge >= 0.3 is 0 Å². The van der Waals surface area contributed by atoms with Crippen LogP contribution in [-0.2, 0) is 4.74 Å². The van der Waals surface area contributed by atoms with E-state index < -0.39 is 0 Å². The van der Waals surface area contributed by atoms with Gasteiger partial charge in [0.15, 0.2) is 5.76 Å². The topological polar surface area (TPSA) is 26.3 Å². The molecular weight excluding hydrogens is 371 g/mol. The molecule has 0 N–H and O–H groups in total. The maximum Gasteiger partial charge on any atom is 0.228 e. The van der Waals surface area contributed by atoms with E-state index in [0.717, 1.165) is 14.5 Å². The van der Waals surface area contributed by atoms with Crippen molar-refractivity contribution in [1.29, 1.82) is 0 Å². The number of allylic oxidation sites excluding steroid dienone is 1. The van der Waals surface area contributed by atoms with E-state index in [2.05, 4.69) is 38.5 Å². The van der Waals surface area contributed by atoms with E-state index in [-0.39, 0.29) is 5.78 Å². The molecule has 1 heterocycles. The van der Waals surface area contributed by atoms with Crippen LogP contribution in [0.1, 0.15) is 16.8 Å². The number of hydrogen-bond acceptors (Lipinski definition) is 2. The van der Waals surface area contributed by atoms with Crippen LogP contribution in [0.15, 0.2) is 34.5 Å². The lowest BCUT2D eigenvalue weighted by molar-refractivity contribution is 0.0941. The van der Waals surface area contributed by atoms with Crippen molar-refractivity contribution >= 4 is 44.3 Å².